The maximum atomic E-state index is 6.35. The molecule has 0 fully saturated rings. The van der Waals surface area contributed by atoms with Gasteiger partial charge in [-0.05, 0) is 106 Å². The lowest BCUT2D eigenvalue weighted by Crippen LogP contribution is -2.31. The molecule has 13 rings (SSSR count). The number of fused-ring (bicyclic) bond motifs is 9. The third-order valence-corrected chi connectivity index (χ3v) is 13.4. The molecule has 0 saturated heterocycles. The van der Waals surface area contributed by atoms with Crippen LogP contribution in [0.2, 0.25) is 0 Å². The molecular weight excluding hydrogens is 777 g/mol. The summed E-state index contributed by atoms with van der Waals surface area (Å²) in [7, 11) is 0. The maximum absolute atomic E-state index is 6.35. The van der Waals surface area contributed by atoms with E-state index in [4.69, 9.17) is 4.42 Å². The van der Waals surface area contributed by atoms with Gasteiger partial charge in [-0.3, -0.25) is 0 Å². The first-order chi connectivity index (χ1) is 31.7. The lowest BCUT2D eigenvalue weighted by Gasteiger charge is -2.37. The van der Waals surface area contributed by atoms with Gasteiger partial charge in [0, 0.05) is 43.7 Å². The zero-order chi connectivity index (χ0) is 42.2. The molecule has 0 amide bonds. The molecule has 0 radical (unpaired) electrons. The molecule has 13 aromatic rings. The van der Waals surface area contributed by atoms with E-state index in [0.29, 0.717) is 0 Å². The molecule has 3 heteroatoms. The van der Waals surface area contributed by atoms with E-state index in [1.165, 1.54) is 54.8 Å². The third kappa shape index (κ3) is 5.41. The minimum Gasteiger partial charge on any atom is -0.456 e. The van der Waals surface area contributed by atoms with E-state index < -0.39 is 5.41 Å². The van der Waals surface area contributed by atoms with Crippen molar-refractivity contribution in [1.29, 1.82) is 0 Å². The minimum atomic E-state index is -0.663. The van der Waals surface area contributed by atoms with Crippen LogP contribution in [0.15, 0.2) is 247 Å². The smallest absolute Gasteiger partial charge is 0.135 e. The Hall–Kier alpha value is -8.40. The van der Waals surface area contributed by atoms with Gasteiger partial charge in [0.05, 0.1) is 27.5 Å². The molecule has 300 valence electrons. The van der Waals surface area contributed by atoms with Crippen molar-refractivity contribution in [2.24, 2.45) is 0 Å². The summed E-state index contributed by atoms with van der Waals surface area (Å²) in [5, 5.41) is 7.14. The standard InChI is InChI=1S/C61H40N2O/c1-4-18-43(19-5-1)61(44-20-6-2-7-21-44,45-22-8-3-9-23-45)46-36-42(41-32-35-60-54(38-41)52-27-13-17-31-59(52)64-60)37-48(39-46)63-57-30-16-12-26-51(57)53-40-47(33-34-58(53)63)62-55-28-14-10-24-49(55)50-25-11-15-29-56(50)62/h1-40H. The number of benzene rings is 10. The van der Waals surface area contributed by atoms with Gasteiger partial charge >= 0.3 is 0 Å². The Morgan fingerprint density at radius 2 is 0.734 bits per heavy atom. The lowest BCUT2D eigenvalue weighted by atomic mass is 9.64. The molecule has 0 aliphatic carbocycles. The molecule has 10 aromatic carbocycles. The molecule has 0 aliphatic rings. The summed E-state index contributed by atoms with van der Waals surface area (Å²) in [4.78, 5) is 0. The molecule has 0 bridgehead atoms. The van der Waals surface area contributed by atoms with Crippen LogP contribution in [0.5, 0.6) is 0 Å². The second kappa shape index (κ2) is 14.3. The molecule has 0 unspecified atom stereocenters. The van der Waals surface area contributed by atoms with Gasteiger partial charge in [0.15, 0.2) is 0 Å². The highest BCUT2D eigenvalue weighted by atomic mass is 16.3. The number of nitrogens with zero attached hydrogens (tertiary/aromatic N) is 2. The Bertz CT molecular complexity index is 3740. The monoisotopic (exact) mass is 816 g/mol. The zero-order valence-electron chi connectivity index (χ0n) is 34.9. The van der Waals surface area contributed by atoms with Crippen molar-refractivity contribution in [3.8, 4) is 22.5 Å². The van der Waals surface area contributed by atoms with Gasteiger partial charge in [0.25, 0.3) is 0 Å². The van der Waals surface area contributed by atoms with Crippen LogP contribution in [0, 0.1) is 0 Å². The topological polar surface area (TPSA) is 23.0 Å². The number of aromatic nitrogens is 2. The van der Waals surface area contributed by atoms with E-state index in [1.54, 1.807) is 0 Å². The average molecular weight is 817 g/mol. The highest BCUT2D eigenvalue weighted by Crippen LogP contribution is 2.48. The molecule has 0 saturated carbocycles. The largest absolute Gasteiger partial charge is 0.456 e. The summed E-state index contributed by atoms with van der Waals surface area (Å²) in [5.74, 6) is 0. The second-order valence-electron chi connectivity index (χ2n) is 16.8. The molecule has 3 nitrogen and oxygen atoms in total. The molecule has 0 aliphatic heterocycles. The van der Waals surface area contributed by atoms with Crippen LogP contribution in [0.1, 0.15) is 22.3 Å². The molecule has 0 spiro atoms. The van der Waals surface area contributed by atoms with Gasteiger partial charge in [0.1, 0.15) is 11.2 Å². The fourth-order valence-corrected chi connectivity index (χ4v) is 10.7. The number of hydrogen-bond acceptors (Lipinski definition) is 1. The molecule has 3 aromatic heterocycles. The van der Waals surface area contributed by atoms with Crippen molar-refractivity contribution in [1.82, 2.24) is 9.13 Å². The summed E-state index contributed by atoms with van der Waals surface area (Å²) in [6.07, 6.45) is 0. The fraction of sp³-hybridized carbons (Fsp3) is 0.0164. The Balaban J connectivity index is 1.13. The Labute approximate surface area is 370 Å². The summed E-state index contributed by atoms with van der Waals surface area (Å²) in [5.41, 5.74) is 15.1. The highest BCUT2D eigenvalue weighted by molar-refractivity contribution is 6.12. The van der Waals surface area contributed by atoms with Crippen LogP contribution in [-0.2, 0) is 5.41 Å². The molecular formula is C61H40N2O. The minimum absolute atomic E-state index is 0.663. The van der Waals surface area contributed by atoms with Gasteiger partial charge < -0.3 is 13.6 Å². The number of hydrogen-bond donors (Lipinski definition) is 0. The van der Waals surface area contributed by atoms with Crippen LogP contribution < -0.4 is 0 Å². The van der Waals surface area contributed by atoms with Crippen LogP contribution in [-0.4, -0.2) is 9.13 Å². The number of para-hydroxylation sites is 4. The lowest BCUT2D eigenvalue weighted by molar-refractivity contribution is 0.669. The Morgan fingerprint density at radius 1 is 0.266 bits per heavy atom. The first-order valence-corrected chi connectivity index (χ1v) is 22.0. The summed E-state index contributed by atoms with van der Waals surface area (Å²) >= 11 is 0. The third-order valence-electron chi connectivity index (χ3n) is 13.4. The van der Waals surface area contributed by atoms with Gasteiger partial charge in [0.2, 0.25) is 0 Å². The van der Waals surface area contributed by atoms with Crippen molar-refractivity contribution >= 4 is 65.6 Å². The predicted molar refractivity (Wildman–Crippen MR) is 266 cm³/mol. The van der Waals surface area contributed by atoms with Crippen LogP contribution >= 0.6 is 0 Å². The van der Waals surface area contributed by atoms with Crippen molar-refractivity contribution in [3.63, 3.8) is 0 Å². The summed E-state index contributed by atoms with van der Waals surface area (Å²) < 4.78 is 11.2. The molecule has 64 heavy (non-hydrogen) atoms. The van der Waals surface area contributed by atoms with Gasteiger partial charge in [-0.1, -0.05) is 170 Å². The van der Waals surface area contributed by atoms with E-state index in [9.17, 15) is 0 Å². The van der Waals surface area contributed by atoms with Gasteiger partial charge in [-0.15, -0.1) is 0 Å². The van der Waals surface area contributed by atoms with Crippen molar-refractivity contribution in [2.75, 3.05) is 0 Å². The summed E-state index contributed by atoms with van der Waals surface area (Å²) in [6.45, 7) is 0. The van der Waals surface area contributed by atoms with E-state index in [-0.39, 0.29) is 0 Å². The van der Waals surface area contributed by atoms with E-state index in [0.717, 1.165) is 55.5 Å². The fourth-order valence-electron chi connectivity index (χ4n) is 10.7. The van der Waals surface area contributed by atoms with Crippen molar-refractivity contribution in [3.05, 3.63) is 265 Å². The van der Waals surface area contributed by atoms with E-state index >= 15 is 0 Å². The van der Waals surface area contributed by atoms with Crippen molar-refractivity contribution < 1.29 is 4.42 Å². The van der Waals surface area contributed by atoms with Gasteiger partial charge in [-0.2, -0.15) is 0 Å². The van der Waals surface area contributed by atoms with Gasteiger partial charge in [-0.25, -0.2) is 0 Å². The van der Waals surface area contributed by atoms with E-state index in [1.807, 2.05) is 6.07 Å². The average Bonchev–Trinajstić information content (AvgIpc) is 4.02. The molecule has 3 heterocycles. The van der Waals surface area contributed by atoms with Crippen LogP contribution in [0.4, 0.5) is 0 Å². The first kappa shape index (κ1) is 36.3. The van der Waals surface area contributed by atoms with Crippen LogP contribution in [0.3, 0.4) is 0 Å². The number of furan rings is 1. The highest BCUT2D eigenvalue weighted by Gasteiger charge is 2.39. The summed E-state index contributed by atoms with van der Waals surface area (Å²) in [6, 6.07) is 88.6. The van der Waals surface area contributed by atoms with Crippen LogP contribution in [0.25, 0.3) is 88.1 Å². The quantitative estimate of drug-likeness (QED) is 0.147. The SMILES string of the molecule is c1ccc(C(c2ccccc2)(c2ccccc2)c2cc(-c3ccc4oc5ccccc5c4c3)cc(-n3c4ccccc4c4cc(-n5c6ccccc6c6ccccc65)ccc43)c2)cc1. The zero-order valence-corrected chi connectivity index (χ0v) is 34.9. The number of rotatable bonds is 7. The Morgan fingerprint density at radius 3 is 1.33 bits per heavy atom. The maximum Gasteiger partial charge on any atom is 0.135 e. The van der Waals surface area contributed by atoms with Crippen molar-refractivity contribution in [2.45, 2.75) is 5.41 Å². The molecule has 0 N–H and O–H groups in total. The first-order valence-electron chi connectivity index (χ1n) is 22.0. The van der Waals surface area contributed by atoms with E-state index in [2.05, 4.69) is 246 Å². The normalized spacial score (nSPS) is 12.1. The predicted octanol–water partition coefficient (Wildman–Crippen LogP) is 15.8. The molecule has 0 atom stereocenters. The Kier molecular flexibility index (Phi) is 8.13. The second-order valence-corrected chi connectivity index (χ2v) is 16.8.